The third-order valence-corrected chi connectivity index (χ3v) is 5.50. The van der Waals surface area contributed by atoms with Crippen molar-refractivity contribution in [2.24, 2.45) is 7.05 Å². The zero-order valence-corrected chi connectivity index (χ0v) is 14.9. The van der Waals surface area contributed by atoms with E-state index < -0.39 is 0 Å². The van der Waals surface area contributed by atoms with Gasteiger partial charge >= 0.3 is 0 Å². The number of rotatable bonds is 3. The second-order valence-corrected chi connectivity index (χ2v) is 7.14. The molecule has 3 rings (SSSR count). The quantitative estimate of drug-likeness (QED) is 0.862. The summed E-state index contributed by atoms with van der Waals surface area (Å²) in [6, 6.07) is 0.145. The van der Waals surface area contributed by atoms with Crippen LogP contribution in [0.4, 0.5) is 0 Å². The van der Waals surface area contributed by atoms with Crippen LogP contribution in [0.15, 0.2) is 12.4 Å². The SMILES string of the molecule is CCN1CCN(C(=O)c2sc(C)nc2C)C[C@H]1c1nccn1C. The number of nitrogens with zero attached hydrogens (tertiary/aromatic N) is 5. The molecular formula is C16H23N5OS. The first-order valence-corrected chi connectivity index (χ1v) is 8.77. The first-order chi connectivity index (χ1) is 11.0. The zero-order valence-electron chi connectivity index (χ0n) is 14.1. The monoisotopic (exact) mass is 333 g/mol. The Hall–Kier alpha value is -1.73. The fourth-order valence-corrected chi connectivity index (χ4v) is 4.09. The molecule has 23 heavy (non-hydrogen) atoms. The summed E-state index contributed by atoms with van der Waals surface area (Å²) in [6.07, 6.45) is 3.78. The minimum Gasteiger partial charge on any atom is -0.337 e. The van der Waals surface area contributed by atoms with Gasteiger partial charge in [0.1, 0.15) is 10.7 Å². The fraction of sp³-hybridized carbons (Fsp3) is 0.562. The molecule has 0 spiro atoms. The van der Waals surface area contributed by atoms with Gasteiger partial charge in [-0.05, 0) is 20.4 Å². The van der Waals surface area contributed by atoms with Gasteiger partial charge in [0.25, 0.3) is 5.91 Å². The Morgan fingerprint density at radius 3 is 2.74 bits per heavy atom. The Kier molecular flexibility index (Phi) is 4.50. The molecular weight excluding hydrogens is 310 g/mol. The first kappa shape index (κ1) is 16.1. The van der Waals surface area contributed by atoms with Gasteiger partial charge in [-0.15, -0.1) is 11.3 Å². The predicted molar refractivity (Wildman–Crippen MR) is 90.7 cm³/mol. The van der Waals surface area contributed by atoms with Crippen molar-refractivity contribution in [2.45, 2.75) is 26.8 Å². The molecule has 1 amide bonds. The molecule has 6 nitrogen and oxygen atoms in total. The number of likely N-dealkylation sites (N-methyl/N-ethyl adjacent to an activating group) is 1. The molecule has 0 aromatic carbocycles. The van der Waals surface area contributed by atoms with Crippen LogP contribution in [-0.4, -0.2) is 56.4 Å². The van der Waals surface area contributed by atoms with Gasteiger partial charge in [-0.25, -0.2) is 9.97 Å². The van der Waals surface area contributed by atoms with Crippen LogP contribution >= 0.6 is 11.3 Å². The van der Waals surface area contributed by atoms with Gasteiger partial charge in [0.05, 0.1) is 16.7 Å². The largest absolute Gasteiger partial charge is 0.337 e. The van der Waals surface area contributed by atoms with E-state index in [4.69, 9.17) is 0 Å². The number of aromatic nitrogens is 3. The third-order valence-electron chi connectivity index (χ3n) is 4.44. The topological polar surface area (TPSA) is 54.3 Å². The molecule has 1 aliphatic heterocycles. The van der Waals surface area contributed by atoms with Crippen molar-refractivity contribution < 1.29 is 4.79 Å². The lowest BCUT2D eigenvalue weighted by atomic mass is 10.1. The molecule has 2 aromatic heterocycles. The molecule has 124 valence electrons. The lowest BCUT2D eigenvalue weighted by Gasteiger charge is -2.40. The van der Waals surface area contributed by atoms with Gasteiger partial charge in [0.2, 0.25) is 0 Å². The van der Waals surface area contributed by atoms with Crippen LogP contribution in [0.5, 0.6) is 0 Å². The molecule has 0 aliphatic carbocycles. The standard InChI is InChI=1S/C16H23N5OS/c1-5-20-8-9-21(10-13(20)15-17-6-7-19(15)4)16(22)14-11(2)18-12(3)23-14/h6-7,13H,5,8-10H2,1-4H3/t13-/m0/s1. The average Bonchev–Trinajstić information content (AvgIpc) is 3.11. The van der Waals surface area contributed by atoms with Gasteiger partial charge in [0, 0.05) is 39.1 Å². The number of carbonyl (C=O) groups excluding carboxylic acids is 1. The van der Waals surface area contributed by atoms with Crippen LogP contribution < -0.4 is 0 Å². The molecule has 0 unspecified atom stereocenters. The molecule has 7 heteroatoms. The highest BCUT2D eigenvalue weighted by Crippen LogP contribution is 2.26. The van der Waals surface area contributed by atoms with Crippen LogP contribution in [0.3, 0.4) is 0 Å². The Morgan fingerprint density at radius 1 is 1.39 bits per heavy atom. The molecule has 0 bridgehead atoms. The van der Waals surface area contributed by atoms with Crippen molar-refractivity contribution in [1.82, 2.24) is 24.3 Å². The van der Waals surface area contributed by atoms with E-state index in [2.05, 4.69) is 21.8 Å². The molecule has 2 aromatic rings. The summed E-state index contributed by atoms with van der Waals surface area (Å²) in [7, 11) is 2.01. The third kappa shape index (κ3) is 3.03. The lowest BCUT2D eigenvalue weighted by molar-refractivity contribution is 0.0476. The molecule has 1 aliphatic rings. The highest BCUT2D eigenvalue weighted by Gasteiger charge is 2.33. The minimum absolute atomic E-state index is 0.100. The number of carbonyl (C=O) groups is 1. The number of imidazole rings is 1. The molecule has 0 N–H and O–H groups in total. The van der Waals surface area contributed by atoms with Crippen molar-refractivity contribution in [2.75, 3.05) is 26.2 Å². The first-order valence-electron chi connectivity index (χ1n) is 7.95. The highest BCUT2D eigenvalue weighted by molar-refractivity contribution is 7.13. The van der Waals surface area contributed by atoms with E-state index >= 15 is 0 Å². The normalized spacial score (nSPS) is 19.3. The van der Waals surface area contributed by atoms with E-state index in [0.29, 0.717) is 6.54 Å². The van der Waals surface area contributed by atoms with Gasteiger partial charge in [-0.1, -0.05) is 6.92 Å². The van der Waals surface area contributed by atoms with E-state index in [1.165, 1.54) is 11.3 Å². The second kappa shape index (κ2) is 6.41. The smallest absolute Gasteiger partial charge is 0.265 e. The van der Waals surface area contributed by atoms with Crippen molar-refractivity contribution in [3.8, 4) is 0 Å². The number of piperazine rings is 1. The Bertz CT molecular complexity index is 707. The number of thiazole rings is 1. The Balaban J connectivity index is 1.84. The Labute approximate surface area is 140 Å². The van der Waals surface area contributed by atoms with Crippen molar-refractivity contribution in [3.05, 3.63) is 33.8 Å². The number of hydrogen-bond donors (Lipinski definition) is 0. The van der Waals surface area contributed by atoms with Crippen LogP contribution in [0, 0.1) is 13.8 Å². The van der Waals surface area contributed by atoms with Crippen LogP contribution in [0.1, 0.15) is 39.2 Å². The van der Waals surface area contributed by atoms with E-state index in [9.17, 15) is 4.79 Å². The lowest BCUT2D eigenvalue weighted by Crippen LogP contribution is -2.50. The van der Waals surface area contributed by atoms with Crippen LogP contribution in [-0.2, 0) is 7.05 Å². The summed E-state index contributed by atoms with van der Waals surface area (Å²) >= 11 is 1.49. The van der Waals surface area contributed by atoms with E-state index in [1.54, 1.807) is 0 Å². The highest BCUT2D eigenvalue weighted by atomic mass is 32.1. The summed E-state index contributed by atoms with van der Waals surface area (Å²) in [5.74, 6) is 1.12. The predicted octanol–water partition coefficient (Wildman–Crippen LogP) is 2.01. The van der Waals surface area contributed by atoms with Crippen molar-refractivity contribution in [1.29, 1.82) is 0 Å². The average molecular weight is 333 g/mol. The van der Waals surface area contributed by atoms with Gasteiger partial charge in [-0.3, -0.25) is 9.69 Å². The maximum atomic E-state index is 12.9. The van der Waals surface area contributed by atoms with E-state index in [0.717, 1.165) is 41.0 Å². The zero-order chi connectivity index (χ0) is 16.6. The maximum absolute atomic E-state index is 12.9. The fourth-order valence-electron chi connectivity index (χ4n) is 3.20. The van der Waals surface area contributed by atoms with Gasteiger partial charge in [0.15, 0.2) is 0 Å². The summed E-state index contributed by atoms with van der Waals surface area (Å²) in [4.78, 5) is 26.9. The molecule has 1 atom stereocenters. The van der Waals surface area contributed by atoms with E-state index in [-0.39, 0.29) is 11.9 Å². The maximum Gasteiger partial charge on any atom is 0.265 e. The number of amides is 1. The summed E-state index contributed by atoms with van der Waals surface area (Å²) in [6.45, 7) is 9.27. The van der Waals surface area contributed by atoms with Gasteiger partial charge < -0.3 is 9.47 Å². The molecule has 0 radical (unpaired) electrons. The van der Waals surface area contributed by atoms with E-state index in [1.807, 2.05) is 42.8 Å². The number of hydrogen-bond acceptors (Lipinski definition) is 5. The molecule has 0 saturated carbocycles. The summed E-state index contributed by atoms with van der Waals surface area (Å²) in [5, 5.41) is 0.943. The molecule has 3 heterocycles. The van der Waals surface area contributed by atoms with Crippen molar-refractivity contribution >= 4 is 17.2 Å². The van der Waals surface area contributed by atoms with Gasteiger partial charge in [-0.2, -0.15) is 0 Å². The molecule has 1 fully saturated rings. The minimum atomic E-state index is 0.100. The van der Waals surface area contributed by atoms with Crippen LogP contribution in [0.2, 0.25) is 0 Å². The van der Waals surface area contributed by atoms with Crippen LogP contribution in [0.25, 0.3) is 0 Å². The molecule has 1 saturated heterocycles. The Morgan fingerprint density at radius 2 is 2.17 bits per heavy atom. The summed E-state index contributed by atoms with van der Waals surface area (Å²) in [5.41, 5.74) is 0.837. The second-order valence-electron chi connectivity index (χ2n) is 5.94. The number of aryl methyl sites for hydroxylation is 3. The summed E-state index contributed by atoms with van der Waals surface area (Å²) < 4.78 is 2.05. The van der Waals surface area contributed by atoms with Crippen molar-refractivity contribution in [3.63, 3.8) is 0 Å².